The summed E-state index contributed by atoms with van der Waals surface area (Å²) < 4.78 is 52.5. The van der Waals surface area contributed by atoms with Crippen LogP contribution < -0.4 is 4.74 Å². The largest absolute Gasteiger partial charge is 0.573 e. The summed E-state index contributed by atoms with van der Waals surface area (Å²) in [4.78, 5) is 5.94. The van der Waals surface area contributed by atoms with E-state index < -0.39 is 17.9 Å². The van der Waals surface area contributed by atoms with E-state index in [4.69, 9.17) is 11.6 Å². The zero-order valence-electron chi connectivity index (χ0n) is 7.40. The molecule has 0 fully saturated rings. The third kappa shape index (κ3) is 2.19. The first-order chi connectivity index (χ1) is 7.35. The molecule has 16 heavy (non-hydrogen) atoms. The Labute approximate surface area is 91.0 Å². The lowest BCUT2D eigenvalue weighted by Gasteiger charge is -2.08. The molecule has 0 radical (unpaired) electrons. The summed E-state index contributed by atoms with van der Waals surface area (Å²) in [5.41, 5.74) is -0.108. The van der Waals surface area contributed by atoms with Crippen LogP contribution in [-0.2, 0) is 0 Å². The predicted molar refractivity (Wildman–Crippen MR) is 47.7 cm³/mol. The number of imidazole rings is 1. The Hall–Kier alpha value is -1.50. The summed E-state index contributed by atoms with van der Waals surface area (Å²) in [5.74, 6) is -1.61. The molecule has 0 unspecified atom stereocenters. The molecule has 0 aliphatic rings. The maximum Gasteiger partial charge on any atom is 0.573 e. The summed E-state index contributed by atoms with van der Waals surface area (Å²) in [6.07, 6.45) is -4.87. The number of benzene rings is 1. The molecule has 86 valence electrons. The minimum Gasteiger partial charge on any atom is -0.406 e. The highest BCUT2D eigenvalue weighted by Gasteiger charge is 2.31. The van der Waals surface area contributed by atoms with Crippen LogP contribution in [-0.4, -0.2) is 16.3 Å². The van der Waals surface area contributed by atoms with E-state index in [0.717, 1.165) is 6.07 Å². The molecule has 1 aromatic heterocycles. The minimum absolute atomic E-state index is 0.0317. The van der Waals surface area contributed by atoms with Gasteiger partial charge < -0.3 is 9.72 Å². The molecule has 0 bridgehead atoms. The topological polar surface area (TPSA) is 37.9 Å². The average molecular weight is 255 g/mol. The zero-order valence-corrected chi connectivity index (χ0v) is 8.16. The van der Waals surface area contributed by atoms with Crippen molar-refractivity contribution in [2.45, 2.75) is 6.36 Å². The van der Waals surface area contributed by atoms with Crippen LogP contribution in [0.2, 0.25) is 5.28 Å². The maximum absolute atomic E-state index is 13.2. The minimum atomic E-state index is -4.87. The van der Waals surface area contributed by atoms with Gasteiger partial charge in [-0.25, -0.2) is 9.37 Å². The van der Waals surface area contributed by atoms with Gasteiger partial charge in [0.05, 0.1) is 5.52 Å². The Bertz CT molecular complexity index is 537. The molecule has 0 atom stereocenters. The van der Waals surface area contributed by atoms with E-state index in [2.05, 4.69) is 14.7 Å². The van der Waals surface area contributed by atoms with Gasteiger partial charge in [0, 0.05) is 12.1 Å². The number of ether oxygens (including phenoxy) is 1. The van der Waals surface area contributed by atoms with Crippen molar-refractivity contribution in [3.63, 3.8) is 0 Å². The van der Waals surface area contributed by atoms with Crippen molar-refractivity contribution in [3.05, 3.63) is 23.2 Å². The fourth-order valence-electron chi connectivity index (χ4n) is 1.21. The van der Waals surface area contributed by atoms with Crippen LogP contribution in [0.3, 0.4) is 0 Å². The van der Waals surface area contributed by atoms with Crippen molar-refractivity contribution in [2.75, 3.05) is 0 Å². The van der Waals surface area contributed by atoms with Gasteiger partial charge in [0.1, 0.15) is 11.3 Å². The van der Waals surface area contributed by atoms with Crippen LogP contribution in [0.4, 0.5) is 17.6 Å². The lowest BCUT2D eigenvalue weighted by atomic mass is 10.3. The van der Waals surface area contributed by atoms with Gasteiger partial charge in [0.2, 0.25) is 5.28 Å². The zero-order chi connectivity index (χ0) is 11.9. The number of alkyl halides is 3. The molecule has 3 nitrogen and oxygen atoms in total. The number of aromatic amines is 1. The first-order valence-electron chi connectivity index (χ1n) is 3.96. The first-order valence-corrected chi connectivity index (χ1v) is 4.33. The van der Waals surface area contributed by atoms with Gasteiger partial charge >= 0.3 is 6.36 Å². The summed E-state index contributed by atoms with van der Waals surface area (Å²) in [7, 11) is 0. The molecule has 0 aliphatic heterocycles. The van der Waals surface area contributed by atoms with E-state index in [1.807, 2.05) is 0 Å². The number of H-pyrrole nitrogens is 1. The number of fused-ring (bicyclic) bond motifs is 1. The van der Waals surface area contributed by atoms with E-state index in [1.165, 1.54) is 0 Å². The Morgan fingerprint density at radius 2 is 2.00 bits per heavy atom. The summed E-state index contributed by atoms with van der Waals surface area (Å²) in [5, 5.41) is -0.113. The Balaban J connectivity index is 2.49. The van der Waals surface area contributed by atoms with Crippen LogP contribution in [0.15, 0.2) is 12.1 Å². The summed E-state index contributed by atoms with van der Waals surface area (Å²) in [6.45, 7) is 0. The number of aromatic nitrogens is 2. The number of halogens is 5. The Morgan fingerprint density at radius 3 is 2.62 bits per heavy atom. The van der Waals surface area contributed by atoms with E-state index >= 15 is 0 Å². The van der Waals surface area contributed by atoms with Crippen molar-refractivity contribution >= 4 is 22.6 Å². The van der Waals surface area contributed by atoms with Crippen molar-refractivity contribution in [1.29, 1.82) is 0 Å². The molecule has 1 aromatic carbocycles. The SMILES string of the molecule is Fc1cc(OC(F)(F)F)cc2[nH]c(Cl)nc12. The van der Waals surface area contributed by atoms with E-state index in [9.17, 15) is 17.6 Å². The standard InChI is InChI=1S/C8H3ClF4N2O/c9-7-14-5-2-3(16-8(11,12)13)1-4(10)6(5)15-7/h1-2H,(H,14,15). The normalized spacial score (nSPS) is 12.1. The van der Waals surface area contributed by atoms with Crippen molar-refractivity contribution in [2.24, 2.45) is 0 Å². The van der Waals surface area contributed by atoms with Crippen molar-refractivity contribution in [3.8, 4) is 5.75 Å². The third-order valence-corrected chi connectivity index (χ3v) is 1.90. The second kappa shape index (κ2) is 3.51. The van der Waals surface area contributed by atoms with Gasteiger partial charge in [-0.15, -0.1) is 13.2 Å². The second-order valence-corrected chi connectivity index (χ2v) is 3.23. The molecule has 1 N–H and O–H groups in total. The number of hydrogen-bond acceptors (Lipinski definition) is 2. The highest BCUT2D eigenvalue weighted by molar-refractivity contribution is 6.29. The van der Waals surface area contributed by atoms with E-state index in [0.29, 0.717) is 6.07 Å². The van der Waals surface area contributed by atoms with Crippen LogP contribution in [0, 0.1) is 5.82 Å². The fraction of sp³-hybridized carbons (Fsp3) is 0.125. The molecule has 0 saturated carbocycles. The average Bonchev–Trinajstić information content (AvgIpc) is 2.42. The number of hydrogen-bond donors (Lipinski definition) is 1. The van der Waals surface area contributed by atoms with Gasteiger partial charge in [0.15, 0.2) is 5.82 Å². The molecular weight excluding hydrogens is 252 g/mol. The monoisotopic (exact) mass is 254 g/mol. The van der Waals surface area contributed by atoms with Gasteiger partial charge in [-0.1, -0.05) is 0 Å². The molecule has 2 aromatic rings. The van der Waals surface area contributed by atoms with E-state index in [-0.39, 0.29) is 16.3 Å². The maximum atomic E-state index is 13.2. The van der Waals surface area contributed by atoms with Crippen molar-refractivity contribution < 1.29 is 22.3 Å². The number of nitrogens with one attached hydrogen (secondary N) is 1. The van der Waals surface area contributed by atoms with Crippen LogP contribution in [0.25, 0.3) is 11.0 Å². The van der Waals surface area contributed by atoms with Crippen LogP contribution in [0.5, 0.6) is 5.75 Å². The molecule has 0 amide bonds. The molecule has 0 aliphatic carbocycles. The molecule has 8 heteroatoms. The van der Waals surface area contributed by atoms with Gasteiger partial charge in [-0.05, 0) is 11.6 Å². The van der Waals surface area contributed by atoms with Crippen LogP contribution >= 0.6 is 11.6 Å². The van der Waals surface area contributed by atoms with Crippen molar-refractivity contribution in [1.82, 2.24) is 9.97 Å². The first kappa shape index (κ1) is 11.0. The Kier molecular flexibility index (Phi) is 2.42. The third-order valence-electron chi connectivity index (χ3n) is 1.72. The lowest BCUT2D eigenvalue weighted by Crippen LogP contribution is -2.17. The fourth-order valence-corrected chi connectivity index (χ4v) is 1.40. The highest BCUT2D eigenvalue weighted by atomic mass is 35.5. The number of rotatable bonds is 1. The Morgan fingerprint density at radius 1 is 1.31 bits per heavy atom. The quantitative estimate of drug-likeness (QED) is 0.793. The smallest absolute Gasteiger partial charge is 0.406 e. The number of nitrogens with zero attached hydrogens (tertiary/aromatic N) is 1. The lowest BCUT2D eigenvalue weighted by molar-refractivity contribution is -0.274. The van der Waals surface area contributed by atoms with Gasteiger partial charge in [-0.2, -0.15) is 0 Å². The van der Waals surface area contributed by atoms with Gasteiger partial charge in [0.25, 0.3) is 0 Å². The molecular formula is C8H3ClF4N2O. The second-order valence-electron chi connectivity index (χ2n) is 2.88. The highest BCUT2D eigenvalue weighted by Crippen LogP contribution is 2.28. The molecule has 0 spiro atoms. The van der Waals surface area contributed by atoms with E-state index in [1.54, 1.807) is 0 Å². The predicted octanol–water partition coefficient (Wildman–Crippen LogP) is 3.25. The summed E-state index contributed by atoms with van der Waals surface area (Å²) >= 11 is 5.44. The molecule has 2 rings (SSSR count). The summed E-state index contributed by atoms with van der Waals surface area (Å²) in [6, 6.07) is 1.55. The molecule has 1 heterocycles. The molecule has 0 saturated heterocycles. The van der Waals surface area contributed by atoms with Gasteiger partial charge in [-0.3, -0.25) is 0 Å². The van der Waals surface area contributed by atoms with Crippen LogP contribution in [0.1, 0.15) is 0 Å².